The van der Waals surface area contributed by atoms with Gasteiger partial charge < -0.3 is 15.0 Å². The summed E-state index contributed by atoms with van der Waals surface area (Å²) in [5.74, 6) is 0. The fourth-order valence-electron chi connectivity index (χ4n) is 2.38. The molecule has 0 saturated carbocycles. The number of hydrogen-bond acceptors (Lipinski definition) is 3. The molecule has 0 bridgehead atoms. The van der Waals surface area contributed by atoms with E-state index in [0.29, 0.717) is 17.3 Å². The second-order valence-corrected chi connectivity index (χ2v) is 5.91. The molecule has 2 N–H and O–H groups in total. The topological polar surface area (TPSA) is 61.0 Å². The molecule has 2 unspecified atom stereocenters. The molecule has 4 nitrogen and oxygen atoms in total. The zero-order chi connectivity index (χ0) is 16.3. The Morgan fingerprint density at radius 1 is 1.36 bits per heavy atom. The zero-order valence-corrected chi connectivity index (χ0v) is 13.7. The van der Waals surface area contributed by atoms with Crippen LogP contribution in [-0.4, -0.2) is 15.7 Å². The summed E-state index contributed by atoms with van der Waals surface area (Å²) in [5.41, 5.74) is 3.58. The summed E-state index contributed by atoms with van der Waals surface area (Å²) in [5, 5.41) is 23.4. The van der Waals surface area contributed by atoms with Crippen LogP contribution in [0.1, 0.15) is 35.5 Å². The number of nitrogens with one attached hydrogen (secondary N) is 1. The molecule has 1 aromatic heterocycles. The highest BCUT2D eigenvalue weighted by atomic mass is 35.5. The summed E-state index contributed by atoms with van der Waals surface area (Å²) < 4.78 is 1.87. The minimum atomic E-state index is -0.614. The lowest BCUT2D eigenvalue weighted by atomic mass is 10.0. The summed E-state index contributed by atoms with van der Waals surface area (Å²) in [6.45, 7) is 4.52. The van der Waals surface area contributed by atoms with Crippen molar-refractivity contribution in [1.29, 1.82) is 5.26 Å². The quantitative estimate of drug-likeness (QED) is 0.891. The molecule has 1 heterocycles. The third kappa shape index (κ3) is 3.50. The first kappa shape index (κ1) is 16.6. The van der Waals surface area contributed by atoms with E-state index in [-0.39, 0.29) is 6.04 Å². The number of aliphatic hydroxyl groups excluding tert-OH is 1. The van der Waals surface area contributed by atoms with Gasteiger partial charge in [0.15, 0.2) is 0 Å². The Labute approximate surface area is 136 Å². The minimum Gasteiger partial charge on any atom is -0.387 e. The molecule has 0 saturated heterocycles. The highest BCUT2D eigenvalue weighted by Gasteiger charge is 2.17. The fraction of sp³-hybridized carbons (Fsp3) is 0.353. The molecular weight excluding hydrogens is 298 g/mol. The van der Waals surface area contributed by atoms with Crippen LogP contribution in [0.15, 0.2) is 30.3 Å². The standard InChI is InChI=1S/C17H20ClN3O/c1-11(17(22)13-4-6-15(18)7-5-13)20-10-14-8-16(9-19)21(3)12(14)2/h4-8,11,17,20,22H,10H2,1-3H3. The van der Waals surface area contributed by atoms with E-state index in [1.54, 1.807) is 12.1 Å². The maximum atomic E-state index is 10.4. The molecule has 22 heavy (non-hydrogen) atoms. The van der Waals surface area contributed by atoms with Crippen LogP contribution in [-0.2, 0) is 13.6 Å². The van der Waals surface area contributed by atoms with E-state index in [4.69, 9.17) is 16.9 Å². The van der Waals surface area contributed by atoms with Gasteiger partial charge in [0.2, 0.25) is 0 Å². The zero-order valence-electron chi connectivity index (χ0n) is 13.0. The molecule has 0 spiro atoms. The van der Waals surface area contributed by atoms with Crippen LogP contribution in [0, 0.1) is 18.3 Å². The first-order valence-electron chi connectivity index (χ1n) is 7.16. The molecule has 5 heteroatoms. The first-order chi connectivity index (χ1) is 10.4. The van der Waals surface area contributed by atoms with Crippen LogP contribution in [0.25, 0.3) is 0 Å². The molecule has 0 aliphatic rings. The van der Waals surface area contributed by atoms with Gasteiger partial charge >= 0.3 is 0 Å². The number of nitriles is 1. The molecule has 2 atom stereocenters. The predicted molar refractivity (Wildman–Crippen MR) is 87.6 cm³/mol. The average molecular weight is 318 g/mol. The van der Waals surface area contributed by atoms with Crippen molar-refractivity contribution in [1.82, 2.24) is 9.88 Å². The largest absolute Gasteiger partial charge is 0.387 e. The van der Waals surface area contributed by atoms with E-state index >= 15 is 0 Å². The molecule has 0 fully saturated rings. The maximum absolute atomic E-state index is 10.4. The lowest BCUT2D eigenvalue weighted by Crippen LogP contribution is -2.31. The van der Waals surface area contributed by atoms with Crippen molar-refractivity contribution in [3.63, 3.8) is 0 Å². The fourth-order valence-corrected chi connectivity index (χ4v) is 2.51. The second-order valence-electron chi connectivity index (χ2n) is 5.48. The minimum absolute atomic E-state index is 0.119. The summed E-state index contributed by atoms with van der Waals surface area (Å²) in [7, 11) is 1.88. The van der Waals surface area contributed by atoms with E-state index in [1.807, 2.05) is 43.7 Å². The van der Waals surface area contributed by atoms with Crippen LogP contribution < -0.4 is 5.32 Å². The Kier molecular flexibility index (Phi) is 5.25. The molecule has 1 aromatic carbocycles. The van der Waals surface area contributed by atoms with E-state index in [2.05, 4.69) is 11.4 Å². The van der Waals surface area contributed by atoms with Gasteiger partial charge in [-0.15, -0.1) is 0 Å². The molecule has 0 aliphatic carbocycles. The molecule has 0 aliphatic heterocycles. The third-order valence-corrected chi connectivity index (χ3v) is 4.31. The first-order valence-corrected chi connectivity index (χ1v) is 7.54. The Morgan fingerprint density at radius 3 is 2.55 bits per heavy atom. The summed E-state index contributed by atoms with van der Waals surface area (Å²) in [6.07, 6.45) is -0.614. The van der Waals surface area contributed by atoms with Gasteiger partial charge in [0.1, 0.15) is 11.8 Å². The van der Waals surface area contributed by atoms with Crippen molar-refractivity contribution >= 4 is 11.6 Å². The number of aliphatic hydroxyl groups is 1. The van der Waals surface area contributed by atoms with Crippen LogP contribution >= 0.6 is 11.6 Å². The van der Waals surface area contributed by atoms with Gasteiger partial charge in [-0.3, -0.25) is 0 Å². The number of nitrogens with zero attached hydrogens (tertiary/aromatic N) is 2. The van der Waals surface area contributed by atoms with Crippen LogP contribution in [0.4, 0.5) is 0 Å². The van der Waals surface area contributed by atoms with Crippen molar-refractivity contribution < 1.29 is 5.11 Å². The lowest BCUT2D eigenvalue weighted by Gasteiger charge is -2.21. The van der Waals surface area contributed by atoms with Crippen LogP contribution in [0.2, 0.25) is 5.02 Å². The smallest absolute Gasteiger partial charge is 0.120 e. The Hall–Kier alpha value is -1.80. The van der Waals surface area contributed by atoms with Gasteiger partial charge in [-0.2, -0.15) is 5.26 Å². The van der Waals surface area contributed by atoms with E-state index in [0.717, 1.165) is 16.8 Å². The molecule has 116 valence electrons. The summed E-state index contributed by atoms with van der Waals surface area (Å²) in [4.78, 5) is 0. The van der Waals surface area contributed by atoms with Crippen LogP contribution in [0.5, 0.6) is 0 Å². The Bertz CT molecular complexity index is 685. The number of rotatable bonds is 5. The van der Waals surface area contributed by atoms with Crippen molar-refractivity contribution in [2.75, 3.05) is 0 Å². The maximum Gasteiger partial charge on any atom is 0.120 e. The van der Waals surface area contributed by atoms with Crippen molar-refractivity contribution in [3.05, 3.63) is 57.9 Å². The molecule has 0 radical (unpaired) electrons. The second kappa shape index (κ2) is 6.97. The van der Waals surface area contributed by atoms with Gasteiger partial charge in [-0.1, -0.05) is 23.7 Å². The van der Waals surface area contributed by atoms with Gasteiger partial charge in [0, 0.05) is 30.4 Å². The van der Waals surface area contributed by atoms with E-state index < -0.39 is 6.10 Å². The normalized spacial score (nSPS) is 13.6. The number of hydrogen-bond donors (Lipinski definition) is 2. The molecular formula is C17H20ClN3O. The third-order valence-electron chi connectivity index (χ3n) is 4.05. The van der Waals surface area contributed by atoms with E-state index in [9.17, 15) is 5.11 Å². The number of benzene rings is 1. The van der Waals surface area contributed by atoms with Crippen molar-refractivity contribution in [3.8, 4) is 6.07 Å². The monoisotopic (exact) mass is 317 g/mol. The molecule has 2 rings (SSSR count). The van der Waals surface area contributed by atoms with Crippen molar-refractivity contribution in [2.45, 2.75) is 32.5 Å². The van der Waals surface area contributed by atoms with Gasteiger partial charge in [-0.25, -0.2) is 0 Å². The lowest BCUT2D eigenvalue weighted by molar-refractivity contribution is 0.135. The summed E-state index contributed by atoms with van der Waals surface area (Å²) in [6, 6.07) is 11.1. The van der Waals surface area contributed by atoms with Gasteiger partial charge in [-0.05, 0) is 43.2 Å². The molecule has 0 amide bonds. The average Bonchev–Trinajstić information content (AvgIpc) is 2.80. The highest BCUT2D eigenvalue weighted by Crippen LogP contribution is 2.20. The Balaban J connectivity index is 2.02. The Morgan fingerprint density at radius 2 is 2.00 bits per heavy atom. The molecule has 2 aromatic rings. The summed E-state index contributed by atoms with van der Waals surface area (Å²) >= 11 is 5.86. The SMILES string of the molecule is Cc1c(CNC(C)C(O)c2ccc(Cl)cc2)cc(C#N)n1C. The van der Waals surface area contributed by atoms with Gasteiger partial charge in [0.05, 0.1) is 6.10 Å². The predicted octanol–water partition coefficient (Wildman–Crippen LogP) is 3.07. The van der Waals surface area contributed by atoms with Crippen molar-refractivity contribution in [2.24, 2.45) is 7.05 Å². The van der Waals surface area contributed by atoms with Crippen LogP contribution in [0.3, 0.4) is 0 Å². The van der Waals surface area contributed by atoms with Gasteiger partial charge in [0.25, 0.3) is 0 Å². The van der Waals surface area contributed by atoms with E-state index in [1.165, 1.54) is 0 Å². The number of aromatic nitrogens is 1. The number of halogens is 1. The highest BCUT2D eigenvalue weighted by molar-refractivity contribution is 6.30.